The highest BCUT2D eigenvalue weighted by Crippen LogP contribution is 2.51. The van der Waals surface area contributed by atoms with Gasteiger partial charge in [0.15, 0.2) is 5.72 Å². The summed E-state index contributed by atoms with van der Waals surface area (Å²) in [6, 6.07) is 0. The van der Waals surface area contributed by atoms with Gasteiger partial charge >= 0.3 is 5.97 Å². The SMILES string of the molecule is CN1CCC2(CC1)OC(=O)CN2S(C)(C)C. The van der Waals surface area contributed by atoms with Crippen molar-refractivity contribution < 1.29 is 9.53 Å². The lowest BCUT2D eigenvalue weighted by molar-refractivity contribution is -0.155. The van der Waals surface area contributed by atoms with Crippen molar-refractivity contribution in [2.75, 3.05) is 45.4 Å². The summed E-state index contributed by atoms with van der Waals surface area (Å²) in [5, 5.41) is 0. The number of nitrogens with zero attached hydrogens (tertiary/aromatic N) is 2. The van der Waals surface area contributed by atoms with Gasteiger partial charge in [0.2, 0.25) is 0 Å². The third-order valence-electron chi connectivity index (χ3n) is 3.46. The first-order valence-corrected chi connectivity index (χ1v) is 8.51. The molecular formula is C11H22N2O2S. The van der Waals surface area contributed by atoms with E-state index >= 15 is 0 Å². The van der Waals surface area contributed by atoms with E-state index in [-0.39, 0.29) is 11.7 Å². The molecule has 2 rings (SSSR count). The fraction of sp³-hybridized carbons (Fsp3) is 0.909. The molecule has 1 spiro atoms. The summed E-state index contributed by atoms with van der Waals surface area (Å²) >= 11 is 0. The highest BCUT2D eigenvalue weighted by molar-refractivity contribution is 8.30. The second kappa shape index (κ2) is 3.89. The normalized spacial score (nSPS) is 28.4. The summed E-state index contributed by atoms with van der Waals surface area (Å²) < 4.78 is 7.97. The van der Waals surface area contributed by atoms with Crippen LogP contribution in [-0.2, 0) is 9.53 Å². The Morgan fingerprint density at radius 1 is 1.25 bits per heavy atom. The predicted octanol–water partition coefficient (Wildman–Crippen LogP) is 0.876. The third kappa shape index (κ3) is 2.08. The van der Waals surface area contributed by atoms with Crippen molar-refractivity contribution in [3.8, 4) is 0 Å². The number of rotatable bonds is 1. The van der Waals surface area contributed by atoms with Gasteiger partial charge in [-0.3, -0.25) is 4.79 Å². The van der Waals surface area contributed by atoms with Crippen LogP contribution in [0.15, 0.2) is 0 Å². The number of hydrogen-bond acceptors (Lipinski definition) is 4. The van der Waals surface area contributed by atoms with Crippen LogP contribution in [-0.4, -0.2) is 66.3 Å². The zero-order chi connectivity index (χ0) is 12.0. The maximum Gasteiger partial charge on any atom is 0.323 e. The van der Waals surface area contributed by atoms with Crippen molar-refractivity contribution >= 4 is 16.2 Å². The minimum Gasteiger partial charge on any atom is -0.442 e. The third-order valence-corrected chi connectivity index (χ3v) is 5.24. The first kappa shape index (κ1) is 12.2. The van der Waals surface area contributed by atoms with E-state index in [2.05, 4.69) is 35.0 Å². The lowest BCUT2D eigenvalue weighted by Gasteiger charge is -2.49. The second-order valence-electron chi connectivity index (χ2n) is 5.53. The van der Waals surface area contributed by atoms with Crippen LogP contribution in [0.25, 0.3) is 0 Å². The molecule has 0 bridgehead atoms. The molecule has 0 atom stereocenters. The van der Waals surface area contributed by atoms with Gasteiger partial charge < -0.3 is 9.64 Å². The van der Waals surface area contributed by atoms with Crippen LogP contribution in [0.3, 0.4) is 0 Å². The Hall–Kier alpha value is -0.260. The van der Waals surface area contributed by atoms with Gasteiger partial charge in [-0.15, -0.1) is 0 Å². The number of carbonyl (C=O) groups is 1. The number of likely N-dealkylation sites (tertiary alicyclic amines) is 1. The standard InChI is InChI=1S/C11H22N2O2S/c1-12-7-5-11(6-8-12)13(16(2,3)4)9-10(14)15-11/h5-9H2,1-4H3. The molecule has 2 fully saturated rings. The molecule has 5 heteroatoms. The van der Waals surface area contributed by atoms with Gasteiger partial charge in [0.05, 0.1) is 0 Å². The van der Waals surface area contributed by atoms with Gasteiger partial charge in [-0.05, 0) is 25.8 Å². The minimum absolute atomic E-state index is 0.0491. The Balaban J connectivity index is 2.21. The second-order valence-corrected chi connectivity index (χ2v) is 9.52. The summed E-state index contributed by atoms with van der Waals surface area (Å²) in [7, 11) is 1.23. The van der Waals surface area contributed by atoms with Crippen LogP contribution < -0.4 is 0 Å². The number of ether oxygens (including phenoxy) is 1. The minimum atomic E-state index is -0.892. The Bertz CT molecular complexity index is 293. The average Bonchev–Trinajstić information content (AvgIpc) is 2.49. The molecule has 2 aliphatic heterocycles. The predicted molar refractivity (Wildman–Crippen MR) is 67.6 cm³/mol. The monoisotopic (exact) mass is 246 g/mol. The van der Waals surface area contributed by atoms with E-state index in [0.717, 1.165) is 25.9 Å². The highest BCUT2D eigenvalue weighted by atomic mass is 32.3. The molecule has 94 valence electrons. The number of esters is 1. The van der Waals surface area contributed by atoms with Crippen molar-refractivity contribution in [1.29, 1.82) is 0 Å². The van der Waals surface area contributed by atoms with E-state index in [1.54, 1.807) is 0 Å². The molecule has 0 aromatic heterocycles. The quantitative estimate of drug-likeness (QED) is 0.643. The molecule has 2 saturated heterocycles. The molecule has 0 N–H and O–H groups in total. The Labute approximate surface area is 99.4 Å². The number of piperidine rings is 1. The van der Waals surface area contributed by atoms with Crippen LogP contribution in [0.4, 0.5) is 0 Å². The maximum absolute atomic E-state index is 11.6. The van der Waals surface area contributed by atoms with Crippen molar-refractivity contribution in [3.05, 3.63) is 0 Å². The van der Waals surface area contributed by atoms with E-state index < -0.39 is 10.2 Å². The molecule has 0 unspecified atom stereocenters. The van der Waals surface area contributed by atoms with Crippen molar-refractivity contribution in [1.82, 2.24) is 9.21 Å². The van der Waals surface area contributed by atoms with Gasteiger partial charge in [-0.2, -0.15) is 10.2 Å². The molecular weight excluding hydrogens is 224 g/mol. The molecule has 0 aromatic rings. The van der Waals surface area contributed by atoms with Gasteiger partial charge in [0, 0.05) is 25.9 Å². The summed E-state index contributed by atoms with van der Waals surface area (Å²) in [5.74, 6) is -0.0491. The van der Waals surface area contributed by atoms with E-state index in [1.807, 2.05) is 0 Å². The zero-order valence-electron chi connectivity index (χ0n) is 10.7. The first-order chi connectivity index (χ1) is 7.33. The highest BCUT2D eigenvalue weighted by Gasteiger charge is 2.51. The first-order valence-electron chi connectivity index (χ1n) is 5.70. The van der Waals surface area contributed by atoms with E-state index in [4.69, 9.17) is 4.74 Å². The lowest BCUT2D eigenvalue weighted by atomic mass is 10.0. The molecule has 0 amide bonds. The molecule has 0 aromatic carbocycles. The zero-order valence-corrected chi connectivity index (χ0v) is 11.5. The van der Waals surface area contributed by atoms with Crippen LogP contribution in [0.1, 0.15) is 12.8 Å². The van der Waals surface area contributed by atoms with Crippen molar-refractivity contribution in [2.45, 2.75) is 18.6 Å². The number of carbonyl (C=O) groups excluding carboxylic acids is 1. The molecule has 4 nitrogen and oxygen atoms in total. The van der Waals surface area contributed by atoms with Crippen LogP contribution in [0, 0.1) is 0 Å². The fourth-order valence-corrected chi connectivity index (χ4v) is 4.28. The van der Waals surface area contributed by atoms with E-state index in [9.17, 15) is 4.79 Å². The summed E-state index contributed by atoms with van der Waals surface area (Å²) in [6.45, 7) is 2.50. The van der Waals surface area contributed by atoms with Gasteiger partial charge in [-0.1, -0.05) is 0 Å². The summed E-state index contributed by atoms with van der Waals surface area (Å²) in [5.41, 5.74) is -0.294. The molecule has 2 heterocycles. The van der Waals surface area contributed by atoms with E-state index in [0.29, 0.717) is 6.54 Å². The van der Waals surface area contributed by atoms with Crippen LogP contribution in [0.5, 0.6) is 0 Å². The van der Waals surface area contributed by atoms with Crippen molar-refractivity contribution in [3.63, 3.8) is 0 Å². The van der Waals surface area contributed by atoms with Crippen LogP contribution >= 0.6 is 10.2 Å². The summed E-state index contributed by atoms with van der Waals surface area (Å²) in [6.07, 6.45) is 8.58. The molecule has 0 saturated carbocycles. The lowest BCUT2D eigenvalue weighted by Crippen LogP contribution is -2.52. The van der Waals surface area contributed by atoms with Gasteiger partial charge in [0.25, 0.3) is 0 Å². The van der Waals surface area contributed by atoms with Gasteiger partial charge in [-0.25, -0.2) is 4.31 Å². The topological polar surface area (TPSA) is 32.8 Å². The molecule has 0 aliphatic carbocycles. The molecule has 16 heavy (non-hydrogen) atoms. The average molecular weight is 246 g/mol. The smallest absolute Gasteiger partial charge is 0.323 e. The summed E-state index contributed by atoms with van der Waals surface area (Å²) in [4.78, 5) is 13.9. The maximum atomic E-state index is 11.6. The Kier molecular flexibility index (Phi) is 2.97. The number of hydrogen-bond donors (Lipinski definition) is 0. The Morgan fingerprint density at radius 2 is 1.81 bits per heavy atom. The van der Waals surface area contributed by atoms with Crippen LogP contribution in [0.2, 0.25) is 0 Å². The van der Waals surface area contributed by atoms with Gasteiger partial charge in [0.1, 0.15) is 6.54 Å². The Morgan fingerprint density at radius 3 is 2.31 bits per heavy atom. The van der Waals surface area contributed by atoms with E-state index in [1.165, 1.54) is 0 Å². The molecule has 2 aliphatic rings. The van der Waals surface area contributed by atoms with Crippen molar-refractivity contribution in [2.24, 2.45) is 0 Å². The fourth-order valence-electron chi connectivity index (χ4n) is 2.57. The molecule has 0 radical (unpaired) electrons. The largest absolute Gasteiger partial charge is 0.442 e.